The van der Waals surface area contributed by atoms with Crippen LogP contribution in [-0.2, 0) is 0 Å². The van der Waals surface area contributed by atoms with E-state index in [1.54, 1.807) is 0 Å². The molecule has 1 aliphatic rings. The van der Waals surface area contributed by atoms with Crippen molar-refractivity contribution in [3.05, 3.63) is 0 Å². The smallest absolute Gasteiger partial charge is 0.191 e. The topological polar surface area (TPSA) is 56.6 Å². The van der Waals surface area contributed by atoms with Crippen molar-refractivity contribution in [1.82, 2.24) is 10.6 Å². The fourth-order valence-electron chi connectivity index (χ4n) is 1.02. The van der Waals surface area contributed by atoms with Crippen LogP contribution in [0.5, 0.6) is 0 Å². The van der Waals surface area contributed by atoms with E-state index in [9.17, 15) is 5.11 Å². The first-order chi connectivity index (χ1) is 6.00. The van der Waals surface area contributed by atoms with Crippen LogP contribution in [0.3, 0.4) is 0 Å². The number of hydrogen-bond donors (Lipinski definition) is 3. The second kappa shape index (κ2) is 3.96. The highest BCUT2D eigenvalue weighted by Gasteiger charge is 2.22. The number of aliphatic imine (C=N–C) groups is 1. The minimum absolute atomic E-state index is 0.0772. The van der Waals surface area contributed by atoms with Crippen molar-refractivity contribution in [2.75, 3.05) is 19.6 Å². The molecule has 0 fully saturated rings. The zero-order valence-electron chi connectivity index (χ0n) is 8.59. The zero-order valence-corrected chi connectivity index (χ0v) is 8.59. The van der Waals surface area contributed by atoms with E-state index in [2.05, 4.69) is 15.6 Å². The average Bonchev–Trinajstić information content (AvgIpc) is 2.50. The van der Waals surface area contributed by atoms with Gasteiger partial charge in [-0.3, -0.25) is 4.99 Å². The summed E-state index contributed by atoms with van der Waals surface area (Å²) in [5.41, 5.74) is -0.0772. The summed E-state index contributed by atoms with van der Waals surface area (Å²) in [6.07, 6.45) is -0.349. The third-order valence-corrected chi connectivity index (χ3v) is 2.14. The van der Waals surface area contributed by atoms with Gasteiger partial charge in [0.15, 0.2) is 5.96 Å². The van der Waals surface area contributed by atoms with Gasteiger partial charge in [-0.15, -0.1) is 0 Å². The van der Waals surface area contributed by atoms with Crippen LogP contribution in [0.4, 0.5) is 0 Å². The lowest BCUT2D eigenvalue weighted by Crippen LogP contribution is -2.42. The summed E-state index contributed by atoms with van der Waals surface area (Å²) in [7, 11) is 0. The van der Waals surface area contributed by atoms with Gasteiger partial charge in [-0.1, -0.05) is 20.8 Å². The van der Waals surface area contributed by atoms with E-state index in [-0.39, 0.29) is 11.5 Å². The van der Waals surface area contributed by atoms with Crippen molar-refractivity contribution < 1.29 is 5.11 Å². The van der Waals surface area contributed by atoms with Crippen molar-refractivity contribution in [2.24, 2.45) is 10.4 Å². The summed E-state index contributed by atoms with van der Waals surface area (Å²) in [4.78, 5) is 4.17. The minimum atomic E-state index is -0.349. The normalized spacial score (nSPS) is 19.2. The first-order valence-electron chi connectivity index (χ1n) is 4.70. The first-order valence-corrected chi connectivity index (χ1v) is 4.70. The molecule has 0 amide bonds. The van der Waals surface area contributed by atoms with Crippen molar-refractivity contribution in [3.8, 4) is 0 Å². The number of hydrogen-bond acceptors (Lipinski definition) is 4. The third kappa shape index (κ3) is 3.22. The summed E-state index contributed by atoms with van der Waals surface area (Å²) in [6.45, 7) is 8.33. The molecule has 0 radical (unpaired) electrons. The predicted octanol–water partition coefficient (Wildman–Crippen LogP) is -0.0578. The Morgan fingerprint density at radius 1 is 1.62 bits per heavy atom. The lowest BCUT2D eigenvalue weighted by atomic mass is 9.89. The predicted molar refractivity (Wildman–Crippen MR) is 53.8 cm³/mol. The molecule has 1 unspecified atom stereocenters. The molecule has 76 valence electrons. The summed E-state index contributed by atoms with van der Waals surface area (Å²) >= 11 is 0. The van der Waals surface area contributed by atoms with E-state index < -0.39 is 0 Å². The van der Waals surface area contributed by atoms with Crippen LogP contribution in [0.15, 0.2) is 4.99 Å². The van der Waals surface area contributed by atoms with E-state index in [0.29, 0.717) is 6.54 Å². The van der Waals surface area contributed by atoms with E-state index in [4.69, 9.17) is 0 Å². The lowest BCUT2D eigenvalue weighted by Gasteiger charge is -2.26. The van der Waals surface area contributed by atoms with Crippen molar-refractivity contribution in [1.29, 1.82) is 0 Å². The van der Waals surface area contributed by atoms with Gasteiger partial charge in [-0.25, -0.2) is 0 Å². The highest BCUT2D eigenvalue weighted by atomic mass is 16.3. The Hall–Kier alpha value is -0.770. The van der Waals surface area contributed by atoms with Gasteiger partial charge in [-0.2, -0.15) is 0 Å². The molecule has 4 nitrogen and oxygen atoms in total. The maximum Gasteiger partial charge on any atom is 0.191 e. The van der Waals surface area contributed by atoms with Crippen LogP contribution < -0.4 is 10.6 Å². The standard InChI is InChI=1S/C9H19N3O/c1-9(2,3)7(13)6-12-8-10-4-5-11-8/h7,13H,4-6H2,1-3H3,(H2,10,11,12). The Labute approximate surface area is 79.4 Å². The van der Waals surface area contributed by atoms with Gasteiger partial charge in [0.05, 0.1) is 12.6 Å². The monoisotopic (exact) mass is 185 g/mol. The van der Waals surface area contributed by atoms with Gasteiger partial charge >= 0.3 is 0 Å². The third-order valence-electron chi connectivity index (χ3n) is 2.14. The summed E-state index contributed by atoms with van der Waals surface area (Å²) in [6, 6.07) is 0. The molecule has 13 heavy (non-hydrogen) atoms. The average molecular weight is 185 g/mol. The highest BCUT2D eigenvalue weighted by molar-refractivity contribution is 5.81. The van der Waals surface area contributed by atoms with Gasteiger partial charge < -0.3 is 15.7 Å². The molecule has 1 aliphatic heterocycles. The molecule has 0 aromatic carbocycles. The van der Waals surface area contributed by atoms with Gasteiger partial charge in [0, 0.05) is 13.1 Å². The SMILES string of the molecule is CC(C)(C)C(O)CNC1=NCCN1. The maximum absolute atomic E-state index is 9.70. The Morgan fingerprint density at radius 3 is 2.77 bits per heavy atom. The Bertz CT molecular complexity index is 196. The highest BCUT2D eigenvalue weighted by Crippen LogP contribution is 2.17. The molecule has 3 N–H and O–H groups in total. The number of aliphatic hydroxyl groups excluding tert-OH is 1. The van der Waals surface area contributed by atoms with E-state index in [1.807, 2.05) is 20.8 Å². The molecule has 0 aromatic rings. The Kier molecular flexibility index (Phi) is 3.14. The fraction of sp³-hybridized carbons (Fsp3) is 0.889. The van der Waals surface area contributed by atoms with Crippen LogP contribution >= 0.6 is 0 Å². The number of aliphatic hydroxyl groups is 1. The van der Waals surface area contributed by atoms with Crippen LogP contribution in [0.1, 0.15) is 20.8 Å². The molecule has 0 saturated carbocycles. The van der Waals surface area contributed by atoms with Crippen LogP contribution in [0, 0.1) is 5.41 Å². The molecule has 0 aromatic heterocycles. The molecule has 1 rings (SSSR count). The molecule has 0 bridgehead atoms. The number of nitrogens with one attached hydrogen (secondary N) is 2. The van der Waals surface area contributed by atoms with Crippen molar-refractivity contribution >= 4 is 5.96 Å². The van der Waals surface area contributed by atoms with Gasteiger partial charge in [-0.05, 0) is 5.41 Å². The van der Waals surface area contributed by atoms with Crippen molar-refractivity contribution in [3.63, 3.8) is 0 Å². The summed E-state index contributed by atoms with van der Waals surface area (Å²) < 4.78 is 0. The molecule has 0 spiro atoms. The van der Waals surface area contributed by atoms with Gasteiger partial charge in [0.1, 0.15) is 0 Å². The van der Waals surface area contributed by atoms with E-state index >= 15 is 0 Å². The maximum atomic E-state index is 9.70. The molecule has 4 heteroatoms. The molecular formula is C9H19N3O. The number of rotatable bonds is 2. The number of nitrogens with zero attached hydrogens (tertiary/aromatic N) is 1. The second-order valence-electron chi connectivity index (χ2n) is 4.42. The van der Waals surface area contributed by atoms with Crippen molar-refractivity contribution in [2.45, 2.75) is 26.9 Å². The zero-order chi connectivity index (χ0) is 9.90. The van der Waals surface area contributed by atoms with Crippen LogP contribution in [0.25, 0.3) is 0 Å². The van der Waals surface area contributed by atoms with Gasteiger partial charge in [0.2, 0.25) is 0 Å². The van der Waals surface area contributed by atoms with E-state index in [0.717, 1.165) is 19.0 Å². The fourth-order valence-corrected chi connectivity index (χ4v) is 1.02. The molecule has 1 heterocycles. The summed E-state index contributed by atoms with van der Waals surface area (Å²) in [5.74, 6) is 0.809. The van der Waals surface area contributed by atoms with E-state index in [1.165, 1.54) is 0 Å². The Balaban J connectivity index is 2.25. The number of guanidine groups is 1. The first kappa shape index (κ1) is 10.3. The quantitative estimate of drug-likeness (QED) is 0.565. The largest absolute Gasteiger partial charge is 0.391 e. The minimum Gasteiger partial charge on any atom is -0.391 e. The Morgan fingerprint density at radius 2 is 2.31 bits per heavy atom. The summed E-state index contributed by atoms with van der Waals surface area (Å²) in [5, 5.41) is 15.9. The van der Waals surface area contributed by atoms with Crippen LogP contribution in [0.2, 0.25) is 0 Å². The second-order valence-corrected chi connectivity index (χ2v) is 4.42. The van der Waals surface area contributed by atoms with Crippen LogP contribution in [-0.4, -0.2) is 36.8 Å². The molecule has 0 saturated heterocycles. The molecule has 0 aliphatic carbocycles. The lowest BCUT2D eigenvalue weighted by molar-refractivity contribution is 0.0669. The molecular weight excluding hydrogens is 166 g/mol. The molecule has 1 atom stereocenters. The van der Waals surface area contributed by atoms with Gasteiger partial charge in [0.25, 0.3) is 0 Å².